The highest BCUT2D eigenvalue weighted by molar-refractivity contribution is 5.77. The molecule has 0 bridgehead atoms. The molecule has 6 heteroatoms. The molecule has 29 heavy (non-hydrogen) atoms. The Labute approximate surface area is 173 Å². The lowest BCUT2D eigenvalue weighted by Crippen LogP contribution is -2.07. The first kappa shape index (κ1) is 23.9. The Balaban J connectivity index is 0.00000204. The number of carbonyl (C=O) groups is 1. The highest BCUT2D eigenvalue weighted by Crippen LogP contribution is 2.38. The number of ketones is 1. The molecular weight excluding hydrogens is 372 g/mol. The van der Waals surface area contributed by atoms with E-state index in [9.17, 15) is 4.79 Å². The zero-order valence-corrected chi connectivity index (χ0v) is 18.2. The van der Waals surface area contributed by atoms with Crippen molar-refractivity contribution >= 4 is 17.9 Å². The molecule has 0 aromatic heterocycles. The van der Waals surface area contributed by atoms with Crippen molar-refractivity contribution in [2.24, 2.45) is 0 Å². The summed E-state index contributed by atoms with van der Waals surface area (Å²) in [4.78, 5) is 11.2. The minimum Gasteiger partial charge on any atom is -0.493 e. The molecule has 0 heterocycles. The largest absolute Gasteiger partial charge is 0.493 e. The Bertz CT molecular complexity index is 801. The molecule has 158 valence electrons. The van der Waals surface area contributed by atoms with E-state index in [0.29, 0.717) is 28.7 Å². The van der Waals surface area contributed by atoms with Gasteiger partial charge < -0.3 is 23.7 Å². The van der Waals surface area contributed by atoms with Gasteiger partial charge in [0.25, 0.3) is 0 Å². The Hall–Kier alpha value is -3.15. The third-order valence-corrected chi connectivity index (χ3v) is 3.77. The van der Waals surface area contributed by atoms with Gasteiger partial charge in [-0.2, -0.15) is 0 Å². The second-order valence-corrected chi connectivity index (χ2v) is 5.69. The van der Waals surface area contributed by atoms with Crippen LogP contribution in [0.3, 0.4) is 0 Å². The van der Waals surface area contributed by atoms with Crippen molar-refractivity contribution < 1.29 is 28.5 Å². The summed E-state index contributed by atoms with van der Waals surface area (Å²) in [5, 5.41) is 0. The van der Waals surface area contributed by atoms with Crippen LogP contribution in [0.25, 0.3) is 12.2 Å². The molecule has 0 amide bonds. The maximum atomic E-state index is 11.2. The summed E-state index contributed by atoms with van der Waals surface area (Å²) in [6.07, 6.45) is 3.84. The normalized spacial score (nSPS) is 10.0. The van der Waals surface area contributed by atoms with Gasteiger partial charge in [0.15, 0.2) is 28.8 Å². The van der Waals surface area contributed by atoms with Gasteiger partial charge in [-0.05, 0) is 42.3 Å². The summed E-state index contributed by atoms with van der Waals surface area (Å²) in [6.45, 7) is 5.47. The highest BCUT2D eigenvalue weighted by atomic mass is 16.5. The van der Waals surface area contributed by atoms with Crippen LogP contribution in [0.4, 0.5) is 0 Å². The molecule has 2 aromatic carbocycles. The first-order valence-corrected chi connectivity index (χ1v) is 9.30. The van der Waals surface area contributed by atoms with E-state index < -0.39 is 0 Å². The van der Waals surface area contributed by atoms with Gasteiger partial charge in [-0.15, -0.1) is 0 Å². The molecule has 0 spiro atoms. The van der Waals surface area contributed by atoms with Crippen molar-refractivity contribution in [1.29, 1.82) is 0 Å². The maximum Gasteiger partial charge on any atom is 0.203 e. The van der Waals surface area contributed by atoms with Gasteiger partial charge in [0.2, 0.25) is 5.75 Å². The summed E-state index contributed by atoms with van der Waals surface area (Å²) in [5.74, 6) is 2.73. The highest BCUT2D eigenvalue weighted by Gasteiger charge is 2.12. The fourth-order valence-electron chi connectivity index (χ4n) is 2.48. The molecule has 2 aromatic rings. The zero-order valence-electron chi connectivity index (χ0n) is 18.2. The lowest BCUT2D eigenvalue weighted by Gasteiger charge is -2.13. The van der Waals surface area contributed by atoms with E-state index in [-0.39, 0.29) is 12.4 Å². The first-order chi connectivity index (χ1) is 14.0. The van der Waals surface area contributed by atoms with E-state index >= 15 is 0 Å². The van der Waals surface area contributed by atoms with Crippen molar-refractivity contribution in [3.05, 3.63) is 41.5 Å². The van der Waals surface area contributed by atoms with E-state index in [1.807, 2.05) is 50.3 Å². The van der Waals surface area contributed by atoms with Crippen LogP contribution in [-0.2, 0) is 4.79 Å². The predicted octanol–water partition coefficient (Wildman–Crippen LogP) is 4.89. The van der Waals surface area contributed by atoms with E-state index in [4.69, 9.17) is 23.7 Å². The molecule has 0 fully saturated rings. The molecule has 0 aliphatic heterocycles. The lowest BCUT2D eigenvalue weighted by atomic mass is 10.1. The molecule has 0 saturated heterocycles. The van der Waals surface area contributed by atoms with Gasteiger partial charge >= 0.3 is 0 Å². The number of hydrogen-bond acceptors (Lipinski definition) is 6. The number of hydrogen-bond donors (Lipinski definition) is 0. The summed E-state index contributed by atoms with van der Waals surface area (Å²) >= 11 is 0. The van der Waals surface area contributed by atoms with E-state index in [1.54, 1.807) is 34.5 Å². The molecule has 0 saturated carbocycles. The van der Waals surface area contributed by atoms with Crippen LogP contribution in [0.15, 0.2) is 30.3 Å². The van der Waals surface area contributed by atoms with Crippen molar-refractivity contribution in [1.82, 2.24) is 0 Å². The summed E-state index contributed by atoms with van der Waals surface area (Å²) in [5.41, 5.74) is 1.77. The monoisotopic (exact) mass is 402 g/mol. The average molecular weight is 402 g/mol. The third kappa shape index (κ3) is 6.75. The maximum absolute atomic E-state index is 11.2. The Morgan fingerprint density at radius 1 is 0.759 bits per heavy atom. The molecular formula is C23H30O6. The number of Topliss-reactive ketones (excluding diaryl/α,β-unsaturated/α-hetero) is 1. The average Bonchev–Trinajstić information content (AvgIpc) is 2.76. The van der Waals surface area contributed by atoms with Gasteiger partial charge in [-0.3, -0.25) is 4.79 Å². The van der Waals surface area contributed by atoms with Gasteiger partial charge in [-0.1, -0.05) is 32.1 Å². The van der Waals surface area contributed by atoms with E-state index in [1.165, 1.54) is 6.92 Å². The number of carbonyl (C=O) groups excluding carboxylic acids is 1. The lowest BCUT2D eigenvalue weighted by molar-refractivity contribution is -0.118. The minimum absolute atomic E-state index is 0.00357. The summed E-state index contributed by atoms with van der Waals surface area (Å²) in [6, 6.07) is 9.22. The van der Waals surface area contributed by atoms with Crippen molar-refractivity contribution in [3.63, 3.8) is 0 Å². The standard InChI is InChI=1S/C21H24O6.C2H6/c1-14(22)13-27-18-10-15(8-9-17(18)23-2)6-7-16-11-19(24-3)21(26-5)20(12-16)25-4;1-2/h6-12H,13H2,1-5H3;1-2H3/b7-6-;. The van der Waals surface area contributed by atoms with Crippen LogP contribution in [0.2, 0.25) is 0 Å². The fourth-order valence-corrected chi connectivity index (χ4v) is 2.48. The van der Waals surface area contributed by atoms with Crippen molar-refractivity contribution in [2.45, 2.75) is 20.8 Å². The number of ether oxygens (including phenoxy) is 5. The predicted molar refractivity (Wildman–Crippen MR) is 116 cm³/mol. The molecule has 0 N–H and O–H groups in total. The van der Waals surface area contributed by atoms with Crippen molar-refractivity contribution in [3.8, 4) is 28.7 Å². The van der Waals surface area contributed by atoms with Crippen LogP contribution in [0.5, 0.6) is 28.7 Å². The Morgan fingerprint density at radius 3 is 1.76 bits per heavy atom. The molecule has 6 nitrogen and oxygen atoms in total. The van der Waals surface area contributed by atoms with Crippen LogP contribution < -0.4 is 23.7 Å². The summed E-state index contributed by atoms with van der Waals surface area (Å²) < 4.78 is 26.9. The molecule has 0 aliphatic carbocycles. The molecule has 0 unspecified atom stereocenters. The fraction of sp³-hybridized carbons (Fsp3) is 0.348. The van der Waals surface area contributed by atoms with Crippen LogP contribution in [0, 0.1) is 0 Å². The first-order valence-electron chi connectivity index (χ1n) is 9.30. The van der Waals surface area contributed by atoms with Gasteiger partial charge in [0.05, 0.1) is 28.4 Å². The molecule has 0 atom stereocenters. The van der Waals surface area contributed by atoms with Gasteiger partial charge in [0.1, 0.15) is 6.61 Å². The smallest absolute Gasteiger partial charge is 0.203 e. The number of methoxy groups -OCH3 is 4. The second kappa shape index (κ2) is 12.3. The van der Waals surface area contributed by atoms with Crippen LogP contribution >= 0.6 is 0 Å². The molecule has 0 radical (unpaired) electrons. The SMILES string of the molecule is CC.COc1ccc(/C=C\c2cc(OC)c(OC)c(OC)c2)cc1OCC(C)=O. The second-order valence-electron chi connectivity index (χ2n) is 5.69. The van der Waals surface area contributed by atoms with E-state index in [0.717, 1.165) is 11.1 Å². The molecule has 2 rings (SSSR count). The third-order valence-electron chi connectivity index (χ3n) is 3.77. The Morgan fingerprint density at radius 2 is 1.28 bits per heavy atom. The number of rotatable bonds is 9. The zero-order chi connectivity index (χ0) is 21.8. The van der Waals surface area contributed by atoms with Gasteiger partial charge in [0, 0.05) is 0 Å². The van der Waals surface area contributed by atoms with E-state index in [2.05, 4.69) is 0 Å². The minimum atomic E-state index is -0.0598. The summed E-state index contributed by atoms with van der Waals surface area (Å²) in [7, 11) is 6.27. The van der Waals surface area contributed by atoms with Crippen LogP contribution in [0.1, 0.15) is 31.9 Å². The van der Waals surface area contributed by atoms with Gasteiger partial charge in [-0.25, -0.2) is 0 Å². The van der Waals surface area contributed by atoms with Crippen molar-refractivity contribution in [2.75, 3.05) is 35.0 Å². The Kier molecular flexibility index (Phi) is 10.2. The number of benzene rings is 2. The molecule has 0 aliphatic rings. The quantitative estimate of drug-likeness (QED) is 0.557. The topological polar surface area (TPSA) is 63.2 Å². The van der Waals surface area contributed by atoms with Crippen LogP contribution in [-0.4, -0.2) is 40.8 Å².